The van der Waals surface area contributed by atoms with Crippen LogP contribution in [-0.4, -0.2) is 41.9 Å². The van der Waals surface area contributed by atoms with Crippen molar-refractivity contribution in [1.29, 1.82) is 0 Å². The maximum absolute atomic E-state index is 12.2. The highest BCUT2D eigenvalue weighted by molar-refractivity contribution is 7.85. The molecule has 0 aromatic rings. The van der Waals surface area contributed by atoms with Gasteiger partial charge >= 0.3 is 0 Å². The molecule has 0 fully saturated rings. The second kappa shape index (κ2) is 21.4. The van der Waals surface area contributed by atoms with Gasteiger partial charge in [-0.3, -0.25) is 9.35 Å². The normalized spacial score (nSPS) is 14.2. The Bertz CT molecular complexity index is 631. The number of hydrogen-bond donors (Lipinski definition) is 3. The van der Waals surface area contributed by atoms with Crippen molar-refractivity contribution in [3.05, 3.63) is 24.3 Å². The molecule has 0 heterocycles. The van der Waals surface area contributed by atoms with Crippen LogP contribution in [0.2, 0.25) is 0 Å². The lowest BCUT2D eigenvalue weighted by atomic mass is 10.1. The number of aliphatic hydroxyl groups excluding tert-OH is 1. The molecule has 2 atom stereocenters. The number of allylic oxidation sites excluding steroid dienone is 3. The fourth-order valence-electron chi connectivity index (χ4n) is 3.62. The van der Waals surface area contributed by atoms with Crippen LogP contribution in [0.1, 0.15) is 117 Å². The largest absolute Gasteiger partial charge is 0.387 e. The lowest BCUT2D eigenvalue weighted by Crippen LogP contribution is -2.46. The molecular weight excluding hydrogens is 438 g/mol. The predicted molar refractivity (Wildman–Crippen MR) is 138 cm³/mol. The van der Waals surface area contributed by atoms with Crippen LogP contribution in [0.15, 0.2) is 24.3 Å². The van der Waals surface area contributed by atoms with E-state index in [0.717, 1.165) is 64.2 Å². The average molecular weight is 488 g/mol. The van der Waals surface area contributed by atoms with E-state index in [2.05, 4.69) is 31.3 Å². The van der Waals surface area contributed by atoms with Gasteiger partial charge in [-0.1, -0.05) is 95.9 Å². The fraction of sp³-hybridized carbons (Fsp3) is 0.808. The van der Waals surface area contributed by atoms with E-state index in [9.17, 15) is 22.9 Å². The summed E-state index contributed by atoms with van der Waals surface area (Å²) in [6.45, 7) is 4.35. The van der Waals surface area contributed by atoms with Crippen LogP contribution in [0.25, 0.3) is 0 Å². The van der Waals surface area contributed by atoms with E-state index < -0.39 is 28.0 Å². The Morgan fingerprint density at radius 3 is 1.94 bits per heavy atom. The molecule has 0 aliphatic heterocycles. The predicted octanol–water partition coefficient (Wildman–Crippen LogP) is 6.11. The lowest BCUT2D eigenvalue weighted by molar-refractivity contribution is -0.122. The van der Waals surface area contributed by atoms with Gasteiger partial charge in [-0.2, -0.15) is 8.42 Å². The minimum absolute atomic E-state index is 0.284. The molecular formula is C26H49NO5S. The first-order valence-corrected chi connectivity index (χ1v) is 14.6. The summed E-state index contributed by atoms with van der Waals surface area (Å²) in [4.78, 5) is 12.2. The quantitative estimate of drug-likeness (QED) is 0.0970. The van der Waals surface area contributed by atoms with Crippen molar-refractivity contribution in [2.24, 2.45) is 0 Å². The molecule has 0 aromatic heterocycles. The molecule has 3 N–H and O–H groups in total. The molecule has 0 saturated carbocycles. The van der Waals surface area contributed by atoms with Gasteiger partial charge in [0.15, 0.2) is 0 Å². The second-order valence-electron chi connectivity index (χ2n) is 8.96. The number of unbranched alkanes of at least 4 members (excludes halogenated alkanes) is 12. The Kier molecular flexibility index (Phi) is 20.6. The Morgan fingerprint density at radius 1 is 0.788 bits per heavy atom. The fourth-order valence-corrected chi connectivity index (χ4v) is 4.36. The molecule has 33 heavy (non-hydrogen) atoms. The van der Waals surface area contributed by atoms with Crippen molar-refractivity contribution >= 4 is 16.0 Å². The minimum atomic E-state index is -4.32. The summed E-state index contributed by atoms with van der Waals surface area (Å²) in [6, 6.07) is -1.05. The van der Waals surface area contributed by atoms with Gasteiger partial charge in [0.1, 0.15) is 0 Å². The summed E-state index contributed by atoms with van der Waals surface area (Å²) >= 11 is 0. The maximum atomic E-state index is 12.2. The molecule has 6 nitrogen and oxygen atoms in total. The molecule has 0 radical (unpaired) electrons. The van der Waals surface area contributed by atoms with Crippen LogP contribution in [-0.2, 0) is 14.9 Å². The van der Waals surface area contributed by atoms with Crippen LogP contribution in [0.5, 0.6) is 0 Å². The van der Waals surface area contributed by atoms with Gasteiger partial charge < -0.3 is 10.4 Å². The third-order valence-electron chi connectivity index (χ3n) is 5.60. The molecule has 2 unspecified atom stereocenters. The number of hydrogen-bond acceptors (Lipinski definition) is 4. The Hall–Kier alpha value is -1.18. The average Bonchev–Trinajstić information content (AvgIpc) is 2.75. The molecule has 0 saturated heterocycles. The van der Waals surface area contributed by atoms with E-state index in [0.29, 0.717) is 0 Å². The molecule has 0 rings (SSSR count). The summed E-state index contributed by atoms with van der Waals surface area (Å²) in [5.41, 5.74) is 0. The summed E-state index contributed by atoms with van der Waals surface area (Å²) in [6.07, 6.45) is 23.2. The van der Waals surface area contributed by atoms with E-state index in [1.165, 1.54) is 38.2 Å². The second-order valence-corrected chi connectivity index (χ2v) is 10.5. The van der Waals surface area contributed by atoms with Gasteiger partial charge in [0, 0.05) is 6.42 Å². The smallest absolute Gasteiger partial charge is 0.267 e. The third-order valence-corrected chi connectivity index (χ3v) is 6.38. The molecule has 1 amide bonds. The van der Waals surface area contributed by atoms with Gasteiger partial charge in [0.05, 0.1) is 17.9 Å². The van der Waals surface area contributed by atoms with Gasteiger partial charge in [-0.15, -0.1) is 0 Å². The first kappa shape index (κ1) is 31.8. The zero-order valence-corrected chi connectivity index (χ0v) is 21.8. The third kappa shape index (κ3) is 22.4. The topological polar surface area (TPSA) is 104 Å². The number of carbonyl (C=O) groups excluding carboxylic acids is 1. The highest BCUT2D eigenvalue weighted by Gasteiger charge is 2.24. The zero-order chi connectivity index (χ0) is 24.8. The first-order valence-electron chi connectivity index (χ1n) is 13.0. The van der Waals surface area contributed by atoms with E-state index in [4.69, 9.17) is 0 Å². The first-order chi connectivity index (χ1) is 15.8. The number of rotatable bonds is 22. The number of amides is 1. The molecule has 7 heteroatoms. The number of carbonyl (C=O) groups is 1. The zero-order valence-electron chi connectivity index (χ0n) is 21.0. The van der Waals surface area contributed by atoms with Gasteiger partial charge in [-0.25, -0.2) is 0 Å². The Labute approximate surface area is 203 Å². The van der Waals surface area contributed by atoms with Crippen LogP contribution >= 0.6 is 0 Å². The van der Waals surface area contributed by atoms with Gasteiger partial charge in [0.2, 0.25) is 5.91 Å². The monoisotopic (exact) mass is 487 g/mol. The highest BCUT2D eigenvalue weighted by atomic mass is 32.2. The minimum Gasteiger partial charge on any atom is -0.387 e. The Balaban J connectivity index is 4.23. The van der Waals surface area contributed by atoms with Crippen molar-refractivity contribution in [2.75, 3.05) is 5.75 Å². The van der Waals surface area contributed by atoms with Crippen molar-refractivity contribution in [3.8, 4) is 0 Å². The lowest BCUT2D eigenvalue weighted by Gasteiger charge is -2.21. The van der Waals surface area contributed by atoms with Crippen molar-refractivity contribution in [2.45, 2.75) is 129 Å². The van der Waals surface area contributed by atoms with E-state index in [1.807, 2.05) is 6.08 Å². The molecule has 0 bridgehead atoms. The van der Waals surface area contributed by atoms with Crippen molar-refractivity contribution in [3.63, 3.8) is 0 Å². The Morgan fingerprint density at radius 2 is 1.33 bits per heavy atom. The molecule has 0 aliphatic carbocycles. The standard InChI is InChI=1S/C26H49NO5S/c1-3-5-7-9-11-13-14-16-18-20-22-26(29)27-24(23-33(30,31)32)25(28)21-19-17-15-12-10-8-6-4-2/h7,9,19,21,24-25,28H,3-6,8,10-18,20,22-23H2,1-2H3,(H,27,29)(H,30,31,32)/b9-7-,21-19+. The van der Waals surface area contributed by atoms with E-state index in [-0.39, 0.29) is 12.3 Å². The van der Waals surface area contributed by atoms with Gasteiger partial charge in [0.25, 0.3) is 10.1 Å². The van der Waals surface area contributed by atoms with Crippen LogP contribution < -0.4 is 5.32 Å². The maximum Gasteiger partial charge on any atom is 0.267 e. The molecule has 0 aromatic carbocycles. The summed E-state index contributed by atoms with van der Waals surface area (Å²) in [5, 5.41) is 12.9. The summed E-state index contributed by atoms with van der Waals surface area (Å²) in [7, 11) is -4.32. The van der Waals surface area contributed by atoms with Crippen molar-refractivity contribution < 1.29 is 22.9 Å². The van der Waals surface area contributed by atoms with E-state index in [1.54, 1.807) is 0 Å². The SMILES string of the molecule is CCC/C=C\CCCCCCCC(=O)NC(CS(=O)(=O)O)C(O)/C=C/CCCCCCCC. The van der Waals surface area contributed by atoms with Crippen LogP contribution in [0.3, 0.4) is 0 Å². The molecule has 0 spiro atoms. The van der Waals surface area contributed by atoms with Gasteiger partial charge in [-0.05, 0) is 38.5 Å². The number of nitrogens with one attached hydrogen (secondary N) is 1. The summed E-state index contributed by atoms with van der Waals surface area (Å²) < 4.78 is 31.9. The van der Waals surface area contributed by atoms with Crippen molar-refractivity contribution in [1.82, 2.24) is 5.32 Å². The molecule has 0 aliphatic rings. The molecule has 194 valence electrons. The van der Waals surface area contributed by atoms with Crippen LogP contribution in [0.4, 0.5) is 0 Å². The van der Waals surface area contributed by atoms with Crippen LogP contribution in [0, 0.1) is 0 Å². The summed E-state index contributed by atoms with van der Waals surface area (Å²) in [5.74, 6) is -0.998. The number of aliphatic hydroxyl groups is 1. The van der Waals surface area contributed by atoms with E-state index >= 15 is 0 Å². The highest BCUT2D eigenvalue weighted by Crippen LogP contribution is 2.10.